The van der Waals surface area contributed by atoms with E-state index in [1.807, 2.05) is 0 Å². The van der Waals surface area contributed by atoms with Crippen LogP contribution in [0.3, 0.4) is 0 Å². The molecule has 2 aliphatic rings. The Balaban J connectivity index is 1.90. The Morgan fingerprint density at radius 2 is 1.95 bits per heavy atom. The second-order valence-corrected chi connectivity index (χ2v) is 7.30. The minimum atomic E-state index is -0.805. The third-order valence-electron chi connectivity index (χ3n) is 5.43. The van der Waals surface area contributed by atoms with Crippen LogP contribution in [0.4, 0.5) is 4.79 Å². The van der Waals surface area contributed by atoms with E-state index in [0.717, 1.165) is 31.6 Å². The van der Waals surface area contributed by atoms with Gasteiger partial charge in [0.25, 0.3) is 0 Å². The molecule has 1 saturated carbocycles. The molecule has 120 valence electrons. The van der Waals surface area contributed by atoms with Crippen LogP contribution in [0, 0.1) is 17.3 Å². The van der Waals surface area contributed by atoms with Crippen LogP contribution in [0.1, 0.15) is 52.9 Å². The van der Waals surface area contributed by atoms with Gasteiger partial charge >= 0.3 is 12.0 Å². The second-order valence-electron chi connectivity index (χ2n) is 7.30. The summed E-state index contributed by atoms with van der Waals surface area (Å²) in [5.41, 5.74) is -0.802. The van der Waals surface area contributed by atoms with E-state index in [1.54, 1.807) is 11.8 Å². The van der Waals surface area contributed by atoms with Crippen molar-refractivity contribution in [2.45, 2.75) is 58.9 Å². The van der Waals surface area contributed by atoms with Gasteiger partial charge in [-0.3, -0.25) is 4.79 Å². The summed E-state index contributed by atoms with van der Waals surface area (Å²) in [6.45, 7) is 7.22. The van der Waals surface area contributed by atoms with E-state index in [0.29, 0.717) is 25.4 Å². The van der Waals surface area contributed by atoms with Gasteiger partial charge in [0.2, 0.25) is 0 Å². The van der Waals surface area contributed by atoms with E-state index >= 15 is 0 Å². The average molecular weight is 296 g/mol. The first-order valence-electron chi connectivity index (χ1n) is 8.10. The molecular weight excluding hydrogens is 268 g/mol. The van der Waals surface area contributed by atoms with Crippen molar-refractivity contribution in [3.05, 3.63) is 0 Å². The van der Waals surface area contributed by atoms with Crippen molar-refractivity contribution in [2.24, 2.45) is 17.3 Å². The SMILES string of the molecule is CC1CCC(NC(=O)N2CCCC(C)(C(=O)O)C2)CC1C. The maximum Gasteiger partial charge on any atom is 0.317 e. The second kappa shape index (κ2) is 6.24. The first kappa shape index (κ1) is 16.1. The Morgan fingerprint density at radius 3 is 2.57 bits per heavy atom. The van der Waals surface area contributed by atoms with Gasteiger partial charge in [-0.25, -0.2) is 4.79 Å². The first-order valence-corrected chi connectivity index (χ1v) is 8.10. The molecule has 0 aromatic carbocycles. The molecule has 0 spiro atoms. The predicted molar refractivity (Wildman–Crippen MR) is 81.0 cm³/mol. The monoisotopic (exact) mass is 296 g/mol. The van der Waals surface area contributed by atoms with Gasteiger partial charge in [-0.15, -0.1) is 0 Å². The van der Waals surface area contributed by atoms with Gasteiger partial charge < -0.3 is 15.3 Å². The molecule has 5 nitrogen and oxygen atoms in total. The molecule has 2 rings (SSSR count). The number of nitrogens with one attached hydrogen (secondary N) is 1. The van der Waals surface area contributed by atoms with Crippen molar-refractivity contribution in [3.8, 4) is 0 Å². The van der Waals surface area contributed by atoms with E-state index in [1.165, 1.54) is 0 Å². The number of nitrogens with zero attached hydrogens (tertiary/aromatic N) is 1. The number of carbonyl (C=O) groups excluding carboxylic acids is 1. The zero-order valence-corrected chi connectivity index (χ0v) is 13.4. The lowest BCUT2D eigenvalue weighted by Gasteiger charge is -2.39. The fourth-order valence-corrected chi connectivity index (χ4v) is 3.53. The topological polar surface area (TPSA) is 69.6 Å². The van der Waals surface area contributed by atoms with Crippen molar-refractivity contribution in [2.75, 3.05) is 13.1 Å². The van der Waals surface area contributed by atoms with Crippen LogP contribution < -0.4 is 5.32 Å². The molecular formula is C16H28N2O3. The summed E-state index contributed by atoms with van der Waals surface area (Å²) in [4.78, 5) is 25.4. The van der Waals surface area contributed by atoms with Crippen LogP contribution in [0.25, 0.3) is 0 Å². The van der Waals surface area contributed by atoms with Crippen molar-refractivity contribution >= 4 is 12.0 Å². The summed E-state index contributed by atoms with van der Waals surface area (Å²) >= 11 is 0. The number of hydrogen-bond acceptors (Lipinski definition) is 2. The predicted octanol–water partition coefficient (Wildman–Crippen LogP) is 2.71. The van der Waals surface area contributed by atoms with Crippen LogP contribution in [-0.4, -0.2) is 41.1 Å². The van der Waals surface area contributed by atoms with E-state index in [2.05, 4.69) is 19.2 Å². The van der Waals surface area contributed by atoms with Gasteiger partial charge in [0.1, 0.15) is 0 Å². The van der Waals surface area contributed by atoms with Crippen molar-refractivity contribution in [1.29, 1.82) is 0 Å². The van der Waals surface area contributed by atoms with Crippen molar-refractivity contribution < 1.29 is 14.7 Å². The van der Waals surface area contributed by atoms with E-state index < -0.39 is 11.4 Å². The third-order valence-corrected chi connectivity index (χ3v) is 5.43. The smallest absolute Gasteiger partial charge is 0.317 e. The highest BCUT2D eigenvalue weighted by atomic mass is 16.4. The quantitative estimate of drug-likeness (QED) is 0.823. The molecule has 21 heavy (non-hydrogen) atoms. The first-order chi connectivity index (χ1) is 9.82. The Kier molecular flexibility index (Phi) is 4.79. The number of urea groups is 1. The number of rotatable bonds is 2. The number of likely N-dealkylation sites (tertiary alicyclic amines) is 1. The molecule has 2 fully saturated rings. The maximum atomic E-state index is 12.4. The molecule has 0 radical (unpaired) electrons. The lowest BCUT2D eigenvalue weighted by atomic mass is 9.79. The van der Waals surface area contributed by atoms with Crippen LogP contribution in [0.15, 0.2) is 0 Å². The Bertz CT molecular complexity index is 412. The van der Waals surface area contributed by atoms with Crippen LogP contribution in [0.5, 0.6) is 0 Å². The lowest BCUT2D eigenvalue weighted by Crippen LogP contribution is -2.53. The number of hydrogen-bond donors (Lipinski definition) is 2. The summed E-state index contributed by atoms with van der Waals surface area (Å²) in [5, 5.41) is 12.4. The van der Waals surface area contributed by atoms with Gasteiger partial charge in [-0.05, 0) is 50.9 Å². The minimum absolute atomic E-state index is 0.0890. The van der Waals surface area contributed by atoms with Gasteiger partial charge in [0, 0.05) is 19.1 Å². The maximum absolute atomic E-state index is 12.4. The summed E-state index contributed by atoms with van der Waals surface area (Å²) in [6, 6.07) is 0.149. The highest BCUT2D eigenvalue weighted by molar-refractivity contribution is 5.78. The lowest BCUT2D eigenvalue weighted by molar-refractivity contribution is -0.150. The molecule has 1 aliphatic heterocycles. The highest BCUT2D eigenvalue weighted by Gasteiger charge is 2.39. The number of amides is 2. The van der Waals surface area contributed by atoms with Crippen LogP contribution >= 0.6 is 0 Å². The van der Waals surface area contributed by atoms with E-state index in [-0.39, 0.29) is 12.1 Å². The normalized spacial score (nSPS) is 37.1. The van der Waals surface area contributed by atoms with Gasteiger partial charge in [0.15, 0.2) is 0 Å². The number of piperidine rings is 1. The van der Waals surface area contributed by atoms with Crippen molar-refractivity contribution in [1.82, 2.24) is 10.2 Å². The van der Waals surface area contributed by atoms with E-state index in [4.69, 9.17) is 0 Å². The fourth-order valence-electron chi connectivity index (χ4n) is 3.53. The molecule has 2 N–H and O–H groups in total. The number of carboxylic acid groups (broad SMARTS) is 1. The molecule has 0 bridgehead atoms. The van der Waals surface area contributed by atoms with Gasteiger partial charge in [-0.2, -0.15) is 0 Å². The standard InChI is InChI=1S/C16H28N2O3/c1-11-5-6-13(9-12(11)2)17-15(21)18-8-4-7-16(3,10-18)14(19)20/h11-13H,4-10H2,1-3H3,(H,17,21)(H,19,20). The largest absolute Gasteiger partial charge is 0.481 e. The number of aliphatic carboxylic acids is 1. The zero-order valence-electron chi connectivity index (χ0n) is 13.4. The summed E-state index contributed by atoms with van der Waals surface area (Å²) in [6.07, 6.45) is 4.61. The van der Waals surface area contributed by atoms with Crippen LogP contribution in [0.2, 0.25) is 0 Å². The third kappa shape index (κ3) is 3.69. The Labute approximate surface area is 127 Å². The summed E-state index contributed by atoms with van der Waals surface area (Å²) < 4.78 is 0. The van der Waals surface area contributed by atoms with Crippen LogP contribution in [-0.2, 0) is 4.79 Å². The average Bonchev–Trinajstić information content (AvgIpc) is 2.43. The molecule has 4 unspecified atom stereocenters. The molecule has 1 heterocycles. The molecule has 4 atom stereocenters. The molecule has 0 aromatic rings. The molecule has 0 aromatic heterocycles. The minimum Gasteiger partial charge on any atom is -0.481 e. The van der Waals surface area contributed by atoms with Crippen molar-refractivity contribution in [3.63, 3.8) is 0 Å². The summed E-state index contributed by atoms with van der Waals surface area (Å²) in [5.74, 6) is 0.554. The zero-order chi connectivity index (χ0) is 15.6. The number of carboxylic acids is 1. The van der Waals surface area contributed by atoms with E-state index in [9.17, 15) is 14.7 Å². The fraction of sp³-hybridized carbons (Fsp3) is 0.875. The summed E-state index contributed by atoms with van der Waals surface area (Å²) in [7, 11) is 0. The highest BCUT2D eigenvalue weighted by Crippen LogP contribution is 2.31. The Hall–Kier alpha value is -1.26. The Morgan fingerprint density at radius 1 is 1.24 bits per heavy atom. The molecule has 5 heteroatoms. The molecule has 1 saturated heterocycles. The number of carbonyl (C=O) groups is 2. The molecule has 1 aliphatic carbocycles. The molecule has 2 amide bonds. The van der Waals surface area contributed by atoms with Gasteiger partial charge in [0.05, 0.1) is 5.41 Å². The van der Waals surface area contributed by atoms with Gasteiger partial charge in [-0.1, -0.05) is 13.8 Å².